The van der Waals surface area contributed by atoms with Gasteiger partial charge in [0.25, 0.3) is 5.91 Å². The van der Waals surface area contributed by atoms with Crippen LogP contribution in [-0.2, 0) is 0 Å². The van der Waals surface area contributed by atoms with Gasteiger partial charge in [0.15, 0.2) is 0 Å². The zero-order valence-electron chi connectivity index (χ0n) is 12.1. The molecular formula is C14H23N3O2. The molecule has 0 aromatic carbocycles. The Hall–Kier alpha value is -1.62. The van der Waals surface area contributed by atoms with Crippen molar-refractivity contribution in [2.45, 2.75) is 26.3 Å². The number of aliphatic hydroxyl groups excluding tert-OH is 1. The van der Waals surface area contributed by atoms with Crippen molar-refractivity contribution in [3.63, 3.8) is 0 Å². The molecule has 1 heterocycles. The summed E-state index contributed by atoms with van der Waals surface area (Å²) in [5.74, 6) is 0.947. The average Bonchev–Trinajstić information content (AvgIpc) is 2.38. The van der Waals surface area contributed by atoms with Crippen LogP contribution < -0.4 is 10.2 Å². The molecule has 5 heteroatoms. The summed E-state index contributed by atoms with van der Waals surface area (Å²) in [5.41, 5.74) is 0.536. The van der Waals surface area contributed by atoms with Gasteiger partial charge in [-0.05, 0) is 24.5 Å². The number of nitrogens with one attached hydrogen (secondary N) is 1. The van der Waals surface area contributed by atoms with Gasteiger partial charge in [0.2, 0.25) is 0 Å². The fraction of sp³-hybridized carbons (Fsp3) is 0.571. The number of aliphatic hydroxyl groups is 1. The van der Waals surface area contributed by atoms with Crippen LogP contribution in [0.5, 0.6) is 0 Å². The molecular weight excluding hydrogens is 242 g/mol. The quantitative estimate of drug-likeness (QED) is 0.813. The van der Waals surface area contributed by atoms with E-state index in [4.69, 9.17) is 5.11 Å². The van der Waals surface area contributed by atoms with Crippen LogP contribution in [0.2, 0.25) is 0 Å². The molecule has 0 fully saturated rings. The van der Waals surface area contributed by atoms with E-state index in [9.17, 15) is 4.79 Å². The highest BCUT2D eigenvalue weighted by atomic mass is 16.3. The molecule has 106 valence electrons. The summed E-state index contributed by atoms with van der Waals surface area (Å²) in [6.07, 6.45) is 2.13. The van der Waals surface area contributed by atoms with E-state index in [1.54, 1.807) is 12.3 Å². The molecule has 0 radical (unpaired) electrons. The number of aromatic nitrogens is 1. The molecule has 0 saturated carbocycles. The van der Waals surface area contributed by atoms with Crippen molar-refractivity contribution in [2.24, 2.45) is 5.92 Å². The van der Waals surface area contributed by atoms with Gasteiger partial charge in [-0.2, -0.15) is 0 Å². The van der Waals surface area contributed by atoms with E-state index in [-0.39, 0.29) is 24.5 Å². The molecule has 1 aromatic heterocycles. The highest BCUT2D eigenvalue weighted by Crippen LogP contribution is 2.10. The molecule has 5 nitrogen and oxygen atoms in total. The Balaban J connectivity index is 2.71. The van der Waals surface area contributed by atoms with Crippen molar-refractivity contribution in [2.75, 3.05) is 25.6 Å². The lowest BCUT2D eigenvalue weighted by molar-refractivity contribution is 0.0916. The first-order valence-electron chi connectivity index (χ1n) is 6.50. The standard InChI is InChI=1S/C14H23N3O2/c1-10(2)12(7-8-18)16-14(19)11-5-6-13(15-9-11)17(3)4/h5-6,9-10,12,18H,7-8H2,1-4H3,(H,16,19). The molecule has 19 heavy (non-hydrogen) atoms. The van der Waals surface area contributed by atoms with Crippen molar-refractivity contribution in [1.29, 1.82) is 0 Å². The number of nitrogens with zero attached hydrogens (tertiary/aromatic N) is 2. The number of amides is 1. The number of hydrogen-bond acceptors (Lipinski definition) is 4. The number of hydrogen-bond donors (Lipinski definition) is 2. The third-order valence-electron chi connectivity index (χ3n) is 3.03. The number of rotatable bonds is 6. The van der Waals surface area contributed by atoms with Crippen LogP contribution >= 0.6 is 0 Å². The predicted octanol–water partition coefficient (Wildman–Crippen LogP) is 1.28. The second-order valence-electron chi connectivity index (χ2n) is 5.14. The predicted molar refractivity (Wildman–Crippen MR) is 76.4 cm³/mol. The van der Waals surface area contributed by atoms with Gasteiger partial charge >= 0.3 is 0 Å². The molecule has 1 amide bonds. The van der Waals surface area contributed by atoms with Crippen molar-refractivity contribution in [3.05, 3.63) is 23.9 Å². The van der Waals surface area contributed by atoms with E-state index in [0.29, 0.717) is 12.0 Å². The van der Waals surface area contributed by atoms with Gasteiger partial charge in [-0.3, -0.25) is 4.79 Å². The lowest BCUT2D eigenvalue weighted by Crippen LogP contribution is -2.39. The highest BCUT2D eigenvalue weighted by Gasteiger charge is 2.16. The van der Waals surface area contributed by atoms with Gasteiger partial charge in [-0.1, -0.05) is 13.8 Å². The average molecular weight is 265 g/mol. The fourth-order valence-corrected chi connectivity index (χ4v) is 1.75. The van der Waals surface area contributed by atoms with E-state index >= 15 is 0 Å². The molecule has 0 bridgehead atoms. The molecule has 0 aliphatic rings. The highest BCUT2D eigenvalue weighted by molar-refractivity contribution is 5.94. The molecule has 0 saturated heterocycles. The van der Waals surface area contributed by atoms with Gasteiger partial charge in [-0.15, -0.1) is 0 Å². The maximum Gasteiger partial charge on any atom is 0.253 e. The Morgan fingerprint density at radius 3 is 2.53 bits per heavy atom. The van der Waals surface area contributed by atoms with Crippen molar-refractivity contribution < 1.29 is 9.90 Å². The Morgan fingerprint density at radius 2 is 2.11 bits per heavy atom. The summed E-state index contributed by atoms with van der Waals surface area (Å²) in [6.45, 7) is 4.11. The first kappa shape index (κ1) is 15.4. The zero-order chi connectivity index (χ0) is 14.4. The minimum Gasteiger partial charge on any atom is -0.396 e. The first-order chi connectivity index (χ1) is 8.95. The van der Waals surface area contributed by atoms with Gasteiger partial charge in [-0.25, -0.2) is 4.98 Å². The van der Waals surface area contributed by atoms with Gasteiger partial charge < -0.3 is 15.3 Å². The maximum atomic E-state index is 12.1. The Bertz CT molecular complexity index is 402. The Labute approximate surface area is 114 Å². The summed E-state index contributed by atoms with van der Waals surface area (Å²) in [7, 11) is 3.80. The van der Waals surface area contributed by atoms with Crippen LogP contribution in [0.25, 0.3) is 0 Å². The minimum absolute atomic E-state index is 0.0222. The zero-order valence-corrected chi connectivity index (χ0v) is 12.1. The number of carbonyl (C=O) groups is 1. The van der Waals surface area contributed by atoms with Gasteiger partial charge in [0, 0.05) is 32.9 Å². The van der Waals surface area contributed by atoms with Crippen molar-refractivity contribution in [1.82, 2.24) is 10.3 Å². The molecule has 0 aliphatic heterocycles. The lowest BCUT2D eigenvalue weighted by atomic mass is 10.0. The number of pyridine rings is 1. The molecule has 0 aliphatic carbocycles. The Kier molecular flexibility index (Phi) is 5.76. The smallest absolute Gasteiger partial charge is 0.253 e. The summed E-state index contributed by atoms with van der Waals surface area (Å²) in [5, 5.41) is 11.9. The SMILES string of the molecule is CC(C)C(CCO)NC(=O)c1ccc(N(C)C)nc1. The Morgan fingerprint density at radius 1 is 1.42 bits per heavy atom. The normalized spacial score (nSPS) is 12.3. The lowest BCUT2D eigenvalue weighted by Gasteiger charge is -2.21. The summed E-state index contributed by atoms with van der Waals surface area (Å²) >= 11 is 0. The van der Waals surface area contributed by atoms with Crippen molar-refractivity contribution in [3.8, 4) is 0 Å². The van der Waals surface area contributed by atoms with Crippen molar-refractivity contribution >= 4 is 11.7 Å². The summed E-state index contributed by atoms with van der Waals surface area (Å²) in [6, 6.07) is 3.55. The molecule has 0 spiro atoms. The van der Waals surface area contributed by atoms with Gasteiger partial charge in [0.1, 0.15) is 5.82 Å². The minimum atomic E-state index is -0.148. The number of anilines is 1. The fourth-order valence-electron chi connectivity index (χ4n) is 1.75. The van der Waals surface area contributed by atoms with Crippen LogP contribution in [0.15, 0.2) is 18.3 Å². The number of carbonyl (C=O) groups excluding carboxylic acids is 1. The van der Waals surface area contributed by atoms with E-state index in [0.717, 1.165) is 5.82 Å². The topological polar surface area (TPSA) is 65.5 Å². The third kappa shape index (κ3) is 4.52. The summed E-state index contributed by atoms with van der Waals surface area (Å²) < 4.78 is 0. The monoisotopic (exact) mass is 265 g/mol. The third-order valence-corrected chi connectivity index (χ3v) is 3.03. The largest absolute Gasteiger partial charge is 0.396 e. The first-order valence-corrected chi connectivity index (χ1v) is 6.50. The molecule has 1 atom stereocenters. The van der Waals surface area contributed by atoms with Crippen LogP contribution in [0.1, 0.15) is 30.6 Å². The molecule has 1 rings (SSSR count). The van der Waals surface area contributed by atoms with E-state index in [1.165, 1.54) is 0 Å². The van der Waals surface area contributed by atoms with Crippen LogP contribution in [-0.4, -0.2) is 42.7 Å². The second-order valence-corrected chi connectivity index (χ2v) is 5.14. The molecule has 1 unspecified atom stereocenters. The molecule has 2 N–H and O–H groups in total. The summed E-state index contributed by atoms with van der Waals surface area (Å²) in [4.78, 5) is 18.2. The van der Waals surface area contributed by atoms with Gasteiger partial charge in [0.05, 0.1) is 5.56 Å². The molecule has 1 aromatic rings. The van der Waals surface area contributed by atoms with E-state index < -0.39 is 0 Å². The van der Waals surface area contributed by atoms with E-state index in [2.05, 4.69) is 10.3 Å². The maximum absolute atomic E-state index is 12.1. The van der Waals surface area contributed by atoms with Crippen LogP contribution in [0, 0.1) is 5.92 Å². The van der Waals surface area contributed by atoms with Crippen LogP contribution in [0.4, 0.5) is 5.82 Å². The van der Waals surface area contributed by atoms with Crippen LogP contribution in [0.3, 0.4) is 0 Å². The van der Waals surface area contributed by atoms with E-state index in [1.807, 2.05) is 38.9 Å². The second kappa shape index (κ2) is 7.09.